The van der Waals surface area contributed by atoms with Crippen molar-refractivity contribution in [2.24, 2.45) is 29.6 Å². The molecule has 6 heterocycles. The van der Waals surface area contributed by atoms with Gasteiger partial charge in [-0.05, 0) is 172 Å². The standard InChI is InChI=1S/C83H147N9O34S2/c1-23-41-53(98)49(94)36(5)66(110-41)116-60-35(4)28-34(3)48(93)64(60)120-70-59(104)63(119-69-47(92-78(109)126-83(20,21)22)57(102)56(101)44(113-69)31-89-75(106)123-80(11,12)13)46(115-70)33-87-73(128)85-27-25-26-84-72(127)86-32-45-62(118-67-37(6)50(95)54(99)42(24-2)111-67)58(103)71(114-45)121-65-52(97)39(90-76(107)124-81(14,15)16)29-40(91-77(108)125-82(17,18)19)61(65)117-68-38(7)51(96)55(100)43(112-68)30-88-74(105)122-79(8,9)10/h34-71,93-104H,23-33H2,1-22H3,(H,88,105)(H,89,106)(H,90,107)(H,91,108)(H,92,109)(H2,84,86,127)(H2,85,87,128)/t34?,35?,36?,37?,38?,39-,40?,41?,42+,43?,44-,45-,46-,47?,48+,49-,50?,51-,52?,53?,54?,55?,56?,57?,58+,59?,60?,61?,62?,63?,64?,65-,66+,67-,68-,69+,70+,71+/m1/s1. The Morgan fingerprint density at radius 1 is 0.305 bits per heavy atom. The number of alkyl carbamates (subject to hydrolysis) is 5. The summed E-state index contributed by atoms with van der Waals surface area (Å²) in [4.78, 5) is 67.0. The molecule has 0 aromatic carbocycles. The van der Waals surface area contributed by atoms with Crippen LogP contribution in [0.5, 0.6) is 0 Å². The first kappa shape index (κ1) is 108. The third-order valence-corrected chi connectivity index (χ3v) is 23.6. The zero-order valence-corrected chi connectivity index (χ0v) is 79.0. The summed E-state index contributed by atoms with van der Waals surface area (Å²) in [5, 5.41) is 166. The highest BCUT2D eigenvalue weighted by atomic mass is 32.1. The van der Waals surface area contributed by atoms with E-state index in [9.17, 15) is 85.3 Å². The van der Waals surface area contributed by atoms with Crippen LogP contribution < -0.4 is 47.9 Å². The zero-order chi connectivity index (χ0) is 95.6. The smallest absolute Gasteiger partial charge is 0.408 e. The minimum Gasteiger partial charge on any atom is -0.444 e. The molecule has 8 rings (SSSR count). The number of rotatable bonds is 29. The number of hydrogen-bond acceptors (Lipinski definition) is 36. The molecule has 2 saturated carbocycles. The van der Waals surface area contributed by atoms with Gasteiger partial charge in [-0.1, -0.05) is 48.5 Å². The summed E-state index contributed by atoms with van der Waals surface area (Å²) in [7, 11) is 0. The van der Waals surface area contributed by atoms with Crippen LogP contribution >= 0.6 is 24.4 Å². The van der Waals surface area contributed by atoms with Gasteiger partial charge in [-0.3, -0.25) is 0 Å². The van der Waals surface area contributed by atoms with E-state index < -0.39 is 298 Å². The van der Waals surface area contributed by atoms with Gasteiger partial charge in [-0.25, -0.2) is 24.0 Å². The van der Waals surface area contributed by atoms with Crippen LogP contribution in [0.15, 0.2) is 0 Å². The molecule has 21 N–H and O–H groups in total. The second-order valence-electron chi connectivity index (χ2n) is 39.6. The Balaban J connectivity index is 1.00. The van der Waals surface area contributed by atoms with Crippen molar-refractivity contribution in [2.45, 2.75) is 415 Å². The predicted octanol–water partition coefficient (Wildman–Crippen LogP) is -0.167. The minimum absolute atomic E-state index is 0.0515. The number of carbonyl (C=O) groups excluding carboxylic acids is 5. The van der Waals surface area contributed by atoms with E-state index in [2.05, 4.69) is 47.9 Å². The van der Waals surface area contributed by atoms with Crippen molar-refractivity contribution in [3.63, 3.8) is 0 Å². The van der Waals surface area contributed by atoms with Crippen LogP contribution in [0.4, 0.5) is 24.0 Å². The van der Waals surface area contributed by atoms with Crippen molar-refractivity contribution in [1.29, 1.82) is 0 Å². The lowest BCUT2D eigenvalue weighted by Crippen LogP contribution is -2.68. The Morgan fingerprint density at radius 2 is 0.617 bits per heavy atom. The summed E-state index contributed by atoms with van der Waals surface area (Å²) in [6.45, 7) is 35.2. The quantitative estimate of drug-likeness (QED) is 0.0263. The number of aliphatic hydroxyl groups is 12. The van der Waals surface area contributed by atoms with Crippen LogP contribution in [-0.2, 0) is 80.5 Å². The summed E-state index contributed by atoms with van der Waals surface area (Å²) < 4.78 is 106. The molecular formula is C83H147N9O34S2. The van der Waals surface area contributed by atoms with E-state index in [4.69, 9.17) is 105 Å². The molecule has 2 aliphatic carbocycles. The van der Waals surface area contributed by atoms with Crippen LogP contribution in [0.2, 0.25) is 0 Å². The van der Waals surface area contributed by atoms with Crippen molar-refractivity contribution in [3.8, 4) is 0 Å². The van der Waals surface area contributed by atoms with Crippen LogP contribution in [0, 0.1) is 29.6 Å². The Morgan fingerprint density at radius 3 is 1.02 bits per heavy atom. The second-order valence-corrected chi connectivity index (χ2v) is 40.5. The lowest BCUT2D eigenvalue weighted by molar-refractivity contribution is -0.325. The highest BCUT2D eigenvalue weighted by Gasteiger charge is 2.59. The zero-order valence-electron chi connectivity index (χ0n) is 77.4. The van der Waals surface area contributed by atoms with Gasteiger partial charge in [-0.15, -0.1) is 0 Å². The molecule has 0 bridgehead atoms. The number of nitrogens with one attached hydrogen (secondary N) is 9. The average Bonchev–Trinajstić information content (AvgIpc) is 1.76. The predicted molar refractivity (Wildman–Crippen MR) is 459 cm³/mol. The molecule has 8 aliphatic rings. The van der Waals surface area contributed by atoms with E-state index in [-0.39, 0.29) is 55.2 Å². The number of ether oxygens (including phenoxy) is 17. The maximum Gasteiger partial charge on any atom is 0.408 e. The molecule has 8 fully saturated rings. The first-order chi connectivity index (χ1) is 59.4. The summed E-state index contributed by atoms with van der Waals surface area (Å²) in [5.74, 6) is -3.49. The molecule has 0 aromatic heterocycles. The number of hydrogen-bond donors (Lipinski definition) is 21. The van der Waals surface area contributed by atoms with E-state index in [1.165, 1.54) is 6.92 Å². The molecule has 43 nitrogen and oxygen atoms in total. The van der Waals surface area contributed by atoms with E-state index >= 15 is 0 Å². The van der Waals surface area contributed by atoms with Gasteiger partial charge in [0.15, 0.2) is 48.0 Å². The fraction of sp³-hybridized carbons (Fsp3) is 0.916. The number of carbonyl (C=O) groups is 5. The van der Waals surface area contributed by atoms with Gasteiger partial charge in [0, 0.05) is 57.0 Å². The molecule has 45 heteroatoms. The molecule has 740 valence electrons. The number of thiocarbonyl (C=S) groups is 2. The highest BCUT2D eigenvalue weighted by Crippen LogP contribution is 2.43. The van der Waals surface area contributed by atoms with Gasteiger partial charge in [0.1, 0.15) is 138 Å². The third-order valence-electron chi connectivity index (χ3n) is 23.0. The molecule has 128 heavy (non-hydrogen) atoms. The minimum atomic E-state index is -1.88. The van der Waals surface area contributed by atoms with Crippen molar-refractivity contribution < 1.29 is 166 Å². The normalized spacial score (nSPS) is 39.6. The van der Waals surface area contributed by atoms with E-state index in [1.54, 1.807) is 132 Å². The third kappa shape index (κ3) is 30.1. The molecule has 6 aliphatic heterocycles. The fourth-order valence-electron chi connectivity index (χ4n) is 16.4. The van der Waals surface area contributed by atoms with Crippen LogP contribution in [0.1, 0.15) is 184 Å². The largest absolute Gasteiger partial charge is 0.444 e. The first-order valence-corrected chi connectivity index (χ1v) is 45.2. The fourth-order valence-corrected chi connectivity index (χ4v) is 16.7. The van der Waals surface area contributed by atoms with Crippen LogP contribution in [-0.4, -0.2) is 372 Å². The Labute approximate surface area is 759 Å². The maximum absolute atomic E-state index is 14.0. The summed E-state index contributed by atoms with van der Waals surface area (Å²) in [5.41, 5.74) is -5.03. The van der Waals surface area contributed by atoms with E-state index in [0.29, 0.717) is 19.3 Å². The van der Waals surface area contributed by atoms with Gasteiger partial charge >= 0.3 is 30.5 Å². The Kier molecular flexibility index (Phi) is 38.7. The van der Waals surface area contributed by atoms with Crippen molar-refractivity contribution in [3.05, 3.63) is 0 Å². The topological polar surface area (TPSA) is 593 Å². The van der Waals surface area contributed by atoms with Gasteiger partial charge in [-0.2, -0.15) is 0 Å². The summed E-state index contributed by atoms with van der Waals surface area (Å²) >= 11 is 11.6. The molecular weight excluding hydrogens is 1730 g/mol. The van der Waals surface area contributed by atoms with Crippen molar-refractivity contribution in [1.82, 2.24) is 47.9 Å². The van der Waals surface area contributed by atoms with Gasteiger partial charge in [0.05, 0.1) is 54.8 Å². The summed E-state index contributed by atoms with van der Waals surface area (Å²) in [6, 6.07) is -4.30. The Bertz CT molecular complexity index is 3560. The second kappa shape index (κ2) is 45.9. The van der Waals surface area contributed by atoms with Crippen LogP contribution in [0.3, 0.4) is 0 Å². The van der Waals surface area contributed by atoms with Gasteiger partial charge < -0.3 is 190 Å². The molecule has 0 radical (unpaired) electrons. The van der Waals surface area contributed by atoms with Gasteiger partial charge in [0.25, 0.3) is 0 Å². The van der Waals surface area contributed by atoms with Crippen LogP contribution in [0.25, 0.3) is 0 Å². The van der Waals surface area contributed by atoms with E-state index in [0.717, 1.165) is 0 Å². The lowest BCUT2D eigenvalue weighted by Gasteiger charge is -2.48. The van der Waals surface area contributed by atoms with E-state index in [1.807, 2.05) is 13.8 Å². The lowest BCUT2D eigenvalue weighted by atomic mass is 9.77. The molecule has 22 unspecified atom stereocenters. The maximum atomic E-state index is 14.0. The van der Waals surface area contributed by atoms with Crippen molar-refractivity contribution in [2.75, 3.05) is 39.3 Å². The molecule has 0 aromatic rings. The number of amides is 5. The highest BCUT2D eigenvalue weighted by molar-refractivity contribution is 7.80. The average molecular weight is 1880 g/mol. The Hall–Kier alpha value is -5.23. The summed E-state index contributed by atoms with van der Waals surface area (Å²) in [6.07, 6.45) is -47.3. The SMILES string of the molecule is CCC1O[C@@H](OC2C(C)CC(C)[C@H](O)C2O[C@@H]2O[C@H](CNC(=S)NCCCNC(=S)NC[C@H]3O[C@@H](O[C@H]4C(O[C@H]5OC(CNC(=O)OC(C)(C)C)C(O)[C@H](O)C5C)C(NC(=O)OC(C)(C)C)C[C@@H](NC(=O)OC(C)(C)C)C4O)[C@@H](O)C3O[C@H]3O[C@@H](CC)C(O)C(O)C3C)C(O[C@@H]3O[C@H](CNC(=O)OC(C)(C)C)C(O)C(O)C3NC(=O)OC(C)(C)C)C2O)C(C)[C@@H](O)C1O. The molecule has 5 amide bonds. The first-order valence-electron chi connectivity index (χ1n) is 44.3. The molecule has 6 saturated heterocycles. The monoisotopic (exact) mass is 1880 g/mol. The molecule has 38 atom stereocenters. The number of aliphatic hydroxyl groups excluding tert-OH is 12. The van der Waals surface area contributed by atoms with Crippen molar-refractivity contribution >= 4 is 65.1 Å². The van der Waals surface area contributed by atoms with Gasteiger partial charge in [0.2, 0.25) is 0 Å². The molecule has 0 spiro atoms.